The van der Waals surface area contributed by atoms with Gasteiger partial charge >= 0.3 is 0 Å². The van der Waals surface area contributed by atoms with Crippen molar-refractivity contribution < 1.29 is 4.42 Å². The van der Waals surface area contributed by atoms with Crippen molar-refractivity contribution in [3.63, 3.8) is 0 Å². The Bertz CT molecular complexity index is 214. The molecule has 0 aliphatic rings. The molecule has 0 saturated carbocycles. The van der Waals surface area contributed by atoms with Gasteiger partial charge in [0.25, 0.3) is 0 Å². The smallest absolute Gasteiger partial charge is 0.120 e. The van der Waals surface area contributed by atoms with E-state index in [9.17, 15) is 0 Å². The normalized spacial score (nSPS) is 13.5. The first kappa shape index (κ1) is 10.3. The molecule has 1 aromatic rings. The molecule has 2 N–H and O–H groups in total. The van der Waals surface area contributed by atoms with Gasteiger partial charge < -0.3 is 10.2 Å². The van der Waals surface area contributed by atoms with Crippen LogP contribution < -0.4 is 5.73 Å². The van der Waals surface area contributed by atoms with Crippen LogP contribution >= 0.6 is 0 Å². The molecule has 0 aliphatic heterocycles. The van der Waals surface area contributed by atoms with Crippen LogP contribution in [0.2, 0.25) is 0 Å². The van der Waals surface area contributed by atoms with Gasteiger partial charge in [0.2, 0.25) is 0 Å². The van der Waals surface area contributed by atoms with Crippen LogP contribution in [0.3, 0.4) is 0 Å². The summed E-state index contributed by atoms with van der Waals surface area (Å²) in [6.45, 7) is 4.42. The maximum Gasteiger partial charge on any atom is 0.120 e. The molecule has 0 saturated heterocycles. The second kappa shape index (κ2) is 5.07. The number of nitrogens with two attached hydrogens (primary N) is 1. The van der Waals surface area contributed by atoms with E-state index >= 15 is 0 Å². The summed E-state index contributed by atoms with van der Waals surface area (Å²) in [7, 11) is 0. The Labute approximate surface area is 80.1 Å². The first-order chi connectivity index (χ1) is 6.27. The third-order valence-corrected chi connectivity index (χ3v) is 2.65. The molecule has 0 unspecified atom stereocenters. The van der Waals surface area contributed by atoms with E-state index in [4.69, 9.17) is 10.2 Å². The lowest BCUT2D eigenvalue weighted by molar-refractivity contribution is 0.371. The van der Waals surface area contributed by atoms with Crippen LogP contribution in [0.25, 0.3) is 0 Å². The van der Waals surface area contributed by atoms with E-state index in [2.05, 4.69) is 13.8 Å². The quantitative estimate of drug-likeness (QED) is 0.758. The van der Waals surface area contributed by atoms with Crippen molar-refractivity contribution in [2.24, 2.45) is 11.7 Å². The van der Waals surface area contributed by atoms with E-state index in [1.54, 1.807) is 6.26 Å². The van der Waals surface area contributed by atoms with Gasteiger partial charge in [-0.25, -0.2) is 0 Å². The van der Waals surface area contributed by atoms with E-state index in [0.29, 0.717) is 0 Å². The predicted octanol–water partition coefficient (Wildman–Crippen LogP) is 3.11. The van der Waals surface area contributed by atoms with Crippen molar-refractivity contribution in [3.05, 3.63) is 24.2 Å². The number of hydrogen-bond donors (Lipinski definition) is 1. The van der Waals surface area contributed by atoms with Gasteiger partial charge in [0.15, 0.2) is 0 Å². The standard InChI is InChI=1S/C11H19NO/c1-3-9(4-2)8-10(12)11-6-5-7-13-11/h5-7,9-10H,3-4,8,12H2,1-2H3/t10-/m1/s1. The van der Waals surface area contributed by atoms with Gasteiger partial charge in [-0.15, -0.1) is 0 Å². The predicted molar refractivity (Wildman–Crippen MR) is 54.3 cm³/mol. The van der Waals surface area contributed by atoms with Gasteiger partial charge in [0.1, 0.15) is 5.76 Å². The maximum atomic E-state index is 6.00. The lowest BCUT2D eigenvalue weighted by Crippen LogP contribution is -2.14. The summed E-state index contributed by atoms with van der Waals surface area (Å²) in [6.07, 6.45) is 5.11. The number of furan rings is 1. The van der Waals surface area contributed by atoms with E-state index < -0.39 is 0 Å². The zero-order valence-corrected chi connectivity index (χ0v) is 8.49. The highest BCUT2D eigenvalue weighted by atomic mass is 16.3. The molecular formula is C11H19NO. The van der Waals surface area contributed by atoms with Gasteiger partial charge in [0, 0.05) is 0 Å². The van der Waals surface area contributed by atoms with Crippen LogP contribution in [0.4, 0.5) is 0 Å². The Morgan fingerprint density at radius 2 is 2.08 bits per heavy atom. The summed E-state index contributed by atoms with van der Waals surface area (Å²) < 4.78 is 5.26. The Morgan fingerprint density at radius 1 is 1.38 bits per heavy atom. The molecule has 2 nitrogen and oxygen atoms in total. The molecule has 1 atom stereocenters. The third-order valence-electron chi connectivity index (χ3n) is 2.65. The fourth-order valence-corrected chi connectivity index (χ4v) is 1.60. The Morgan fingerprint density at radius 3 is 2.54 bits per heavy atom. The Hall–Kier alpha value is -0.760. The molecular weight excluding hydrogens is 162 g/mol. The molecule has 1 rings (SSSR count). The summed E-state index contributed by atoms with van der Waals surface area (Å²) >= 11 is 0. The Balaban J connectivity index is 2.45. The van der Waals surface area contributed by atoms with Gasteiger partial charge in [-0.05, 0) is 24.5 Å². The van der Waals surface area contributed by atoms with E-state index in [0.717, 1.165) is 18.1 Å². The summed E-state index contributed by atoms with van der Waals surface area (Å²) in [6, 6.07) is 3.91. The fraction of sp³-hybridized carbons (Fsp3) is 0.636. The third kappa shape index (κ3) is 2.88. The van der Waals surface area contributed by atoms with Crippen molar-refractivity contribution in [1.29, 1.82) is 0 Å². The van der Waals surface area contributed by atoms with Gasteiger partial charge in [-0.2, -0.15) is 0 Å². The summed E-state index contributed by atoms with van der Waals surface area (Å²) in [5, 5.41) is 0. The average Bonchev–Trinajstić information content (AvgIpc) is 2.66. The molecule has 0 aliphatic carbocycles. The van der Waals surface area contributed by atoms with Crippen LogP contribution in [0.5, 0.6) is 0 Å². The minimum absolute atomic E-state index is 0.0694. The number of rotatable bonds is 5. The molecule has 0 amide bonds. The molecule has 74 valence electrons. The molecule has 0 aromatic carbocycles. The molecule has 1 aromatic heterocycles. The van der Waals surface area contributed by atoms with Crippen molar-refractivity contribution in [1.82, 2.24) is 0 Å². The maximum absolute atomic E-state index is 6.00. The van der Waals surface area contributed by atoms with Crippen molar-refractivity contribution in [2.45, 2.75) is 39.2 Å². The highest BCUT2D eigenvalue weighted by Gasteiger charge is 2.13. The minimum atomic E-state index is 0.0694. The molecule has 0 fully saturated rings. The molecule has 0 spiro atoms. The monoisotopic (exact) mass is 181 g/mol. The highest BCUT2D eigenvalue weighted by molar-refractivity contribution is 5.03. The zero-order valence-electron chi connectivity index (χ0n) is 8.49. The van der Waals surface area contributed by atoms with Crippen LogP contribution in [-0.4, -0.2) is 0 Å². The molecule has 0 bridgehead atoms. The average molecular weight is 181 g/mol. The first-order valence-electron chi connectivity index (χ1n) is 5.06. The van der Waals surface area contributed by atoms with Crippen LogP contribution in [0.1, 0.15) is 44.9 Å². The van der Waals surface area contributed by atoms with E-state index in [-0.39, 0.29) is 6.04 Å². The largest absolute Gasteiger partial charge is 0.468 e. The van der Waals surface area contributed by atoms with Crippen LogP contribution in [0.15, 0.2) is 22.8 Å². The van der Waals surface area contributed by atoms with Crippen molar-refractivity contribution >= 4 is 0 Å². The molecule has 2 heteroatoms. The highest BCUT2D eigenvalue weighted by Crippen LogP contribution is 2.23. The second-order valence-electron chi connectivity index (χ2n) is 3.54. The van der Waals surface area contributed by atoms with Gasteiger partial charge in [-0.1, -0.05) is 26.7 Å². The number of hydrogen-bond acceptors (Lipinski definition) is 2. The lowest BCUT2D eigenvalue weighted by Gasteiger charge is -2.16. The second-order valence-corrected chi connectivity index (χ2v) is 3.54. The molecule has 0 radical (unpaired) electrons. The Kier molecular flexibility index (Phi) is 4.03. The summed E-state index contributed by atoms with van der Waals surface area (Å²) in [5.41, 5.74) is 6.00. The zero-order chi connectivity index (χ0) is 9.68. The van der Waals surface area contributed by atoms with Gasteiger partial charge in [-0.3, -0.25) is 0 Å². The van der Waals surface area contributed by atoms with Crippen molar-refractivity contribution in [2.75, 3.05) is 0 Å². The fourth-order valence-electron chi connectivity index (χ4n) is 1.60. The first-order valence-corrected chi connectivity index (χ1v) is 5.06. The van der Waals surface area contributed by atoms with Crippen LogP contribution in [-0.2, 0) is 0 Å². The SMILES string of the molecule is CCC(CC)C[C@@H](N)c1ccco1. The molecule has 13 heavy (non-hydrogen) atoms. The molecule has 1 heterocycles. The van der Waals surface area contributed by atoms with E-state index in [1.165, 1.54) is 12.8 Å². The summed E-state index contributed by atoms with van der Waals surface area (Å²) in [4.78, 5) is 0. The summed E-state index contributed by atoms with van der Waals surface area (Å²) in [5.74, 6) is 1.63. The topological polar surface area (TPSA) is 39.2 Å². The minimum Gasteiger partial charge on any atom is -0.468 e. The lowest BCUT2D eigenvalue weighted by atomic mass is 9.94. The van der Waals surface area contributed by atoms with Gasteiger partial charge in [0.05, 0.1) is 12.3 Å². The van der Waals surface area contributed by atoms with E-state index in [1.807, 2.05) is 12.1 Å². The van der Waals surface area contributed by atoms with Crippen molar-refractivity contribution in [3.8, 4) is 0 Å². The van der Waals surface area contributed by atoms with Crippen LogP contribution in [0, 0.1) is 5.92 Å².